The zero-order valence-electron chi connectivity index (χ0n) is 32.6. The van der Waals surface area contributed by atoms with Gasteiger partial charge in [-0.05, 0) is 65.9 Å². The highest BCUT2D eigenvalue weighted by Gasteiger charge is 2.32. The van der Waals surface area contributed by atoms with E-state index in [0.717, 1.165) is 59.6 Å². The van der Waals surface area contributed by atoms with Crippen LogP contribution in [0.5, 0.6) is 0 Å². The Labute approximate surface area is 346 Å². The fraction of sp³-hybridized carbons (Fsp3) is 0.286. The molecule has 2 aliphatic heterocycles. The number of nitrogens with two attached hydrogens (primary N) is 1. The number of quaternary nitrogens is 1. The van der Waals surface area contributed by atoms with E-state index in [1.807, 2.05) is 62.4 Å². The van der Waals surface area contributed by atoms with Gasteiger partial charge < -0.3 is 32.5 Å². The highest BCUT2D eigenvalue weighted by atomic mass is 35.5. The van der Waals surface area contributed by atoms with Crippen molar-refractivity contribution in [2.24, 2.45) is 0 Å². The van der Waals surface area contributed by atoms with Crippen LogP contribution in [0.3, 0.4) is 0 Å². The van der Waals surface area contributed by atoms with Crippen LogP contribution in [-0.2, 0) is 35.7 Å². The molecule has 2 atom stereocenters. The quantitative estimate of drug-likeness (QED) is 0.129. The Morgan fingerprint density at radius 2 is 1.17 bits per heavy atom. The standard InChI is InChI=1S/2C21H22FN5O2.ClH/c2*1-2-18-13-27(21(28)29-18)17-7-8-19(20(22)9-17)15-5-3-14(4-6-15)10-23-11-16-12-24-26-25-16;/h2*3-9,12,18,23H,2,10-11,13H2,1H3,(H,24,25,26);1H/t2*18-;/m00./s1. The van der Waals surface area contributed by atoms with Gasteiger partial charge in [-0.25, -0.2) is 18.4 Å². The largest absolute Gasteiger partial charge is 1.00 e. The minimum atomic E-state index is -0.425. The van der Waals surface area contributed by atoms with E-state index in [-0.39, 0.29) is 36.2 Å². The topological polar surface area (TPSA) is 171 Å². The molecule has 0 radical (unpaired) electrons. The molecule has 2 aliphatic rings. The van der Waals surface area contributed by atoms with Crippen molar-refractivity contribution in [2.45, 2.75) is 65.1 Å². The first-order valence-electron chi connectivity index (χ1n) is 19.2. The number of carbonyl (C=O) groups excluding carboxylic acids is 2. The van der Waals surface area contributed by atoms with Gasteiger partial charge >= 0.3 is 12.2 Å². The molecular weight excluding hydrogens is 782 g/mol. The first-order valence-corrected chi connectivity index (χ1v) is 19.2. The van der Waals surface area contributed by atoms with E-state index in [1.165, 1.54) is 21.9 Å². The smallest absolute Gasteiger partial charge is 0.414 e. The van der Waals surface area contributed by atoms with Crippen LogP contribution in [0.2, 0.25) is 0 Å². The molecule has 0 spiro atoms. The maximum Gasteiger partial charge on any atom is 0.414 e. The molecule has 17 heteroatoms. The third kappa shape index (κ3) is 10.6. The van der Waals surface area contributed by atoms with Gasteiger partial charge in [0, 0.05) is 29.8 Å². The third-order valence-electron chi connectivity index (χ3n) is 10.0. The molecule has 14 nitrogen and oxygen atoms in total. The van der Waals surface area contributed by atoms with Crippen molar-refractivity contribution in [3.05, 3.63) is 131 Å². The van der Waals surface area contributed by atoms with E-state index in [2.05, 4.69) is 41.5 Å². The van der Waals surface area contributed by atoms with Crippen molar-refractivity contribution < 1.29 is 45.6 Å². The Morgan fingerprint density at radius 3 is 1.61 bits per heavy atom. The number of benzene rings is 4. The lowest BCUT2D eigenvalue weighted by Gasteiger charge is -2.14. The van der Waals surface area contributed by atoms with Gasteiger partial charge in [-0.2, -0.15) is 30.8 Å². The second kappa shape index (κ2) is 20.0. The number of rotatable bonds is 14. The van der Waals surface area contributed by atoms with Gasteiger partial charge in [-0.3, -0.25) is 9.80 Å². The average molecular weight is 827 g/mol. The second-order valence-electron chi connectivity index (χ2n) is 14.0. The third-order valence-corrected chi connectivity index (χ3v) is 10.0. The summed E-state index contributed by atoms with van der Waals surface area (Å²) in [5.41, 5.74) is 7.58. The lowest BCUT2D eigenvalue weighted by atomic mass is 10.0. The molecule has 0 aliphatic carbocycles. The molecule has 5 N–H and O–H groups in total. The Morgan fingerprint density at radius 1 is 0.678 bits per heavy atom. The summed E-state index contributed by atoms with van der Waals surface area (Å²) in [6.07, 6.45) is 3.73. The van der Waals surface area contributed by atoms with Crippen LogP contribution in [0.4, 0.5) is 29.7 Å². The lowest BCUT2D eigenvalue weighted by Crippen LogP contribution is -3.00. The van der Waals surface area contributed by atoms with Crippen LogP contribution < -0.4 is 32.8 Å². The zero-order valence-corrected chi connectivity index (χ0v) is 33.3. The number of cyclic esters (lactones) is 2. The summed E-state index contributed by atoms with van der Waals surface area (Å²) in [5, 5.41) is 26.1. The summed E-state index contributed by atoms with van der Waals surface area (Å²) in [7, 11) is 0. The van der Waals surface area contributed by atoms with Crippen molar-refractivity contribution in [2.75, 3.05) is 22.9 Å². The molecular formula is C42H45ClF2N10O4. The van der Waals surface area contributed by atoms with Crippen LogP contribution in [0, 0.1) is 11.6 Å². The number of carbonyl (C=O) groups is 2. The number of ether oxygens (including phenoxy) is 2. The number of nitrogens with zero attached hydrogens (tertiary/aromatic N) is 6. The fourth-order valence-corrected chi connectivity index (χ4v) is 6.68. The lowest BCUT2D eigenvalue weighted by molar-refractivity contribution is -0.686. The predicted octanol–water partition coefficient (Wildman–Crippen LogP) is 3.25. The number of H-pyrrole nitrogens is 2. The van der Waals surface area contributed by atoms with Crippen molar-refractivity contribution in [1.29, 1.82) is 0 Å². The summed E-state index contributed by atoms with van der Waals surface area (Å²) in [5.74, 6) is -0.729. The highest BCUT2D eigenvalue weighted by Crippen LogP contribution is 2.31. The Balaban J connectivity index is 0.000000195. The highest BCUT2D eigenvalue weighted by molar-refractivity contribution is 5.91. The summed E-state index contributed by atoms with van der Waals surface area (Å²) in [4.78, 5) is 26.9. The summed E-state index contributed by atoms with van der Waals surface area (Å²) >= 11 is 0. The number of hydrogen-bond donors (Lipinski definition) is 4. The number of nitrogens with one attached hydrogen (secondary N) is 3. The van der Waals surface area contributed by atoms with Crippen molar-refractivity contribution in [3.63, 3.8) is 0 Å². The Hall–Kier alpha value is -6.23. The molecule has 8 rings (SSSR count). The maximum atomic E-state index is 14.8. The number of aromatic nitrogens is 6. The summed E-state index contributed by atoms with van der Waals surface area (Å²) in [6, 6.07) is 25.2. The van der Waals surface area contributed by atoms with Gasteiger partial charge in [0.05, 0.1) is 42.6 Å². The minimum Gasteiger partial charge on any atom is -1.00 e. The van der Waals surface area contributed by atoms with Crippen LogP contribution in [0.1, 0.15) is 49.2 Å². The van der Waals surface area contributed by atoms with Crippen LogP contribution >= 0.6 is 0 Å². The molecule has 2 fully saturated rings. The molecule has 2 amide bonds. The molecule has 0 bridgehead atoms. The second-order valence-corrected chi connectivity index (χ2v) is 14.0. The Kier molecular flexibility index (Phi) is 14.3. The number of anilines is 2. The van der Waals surface area contributed by atoms with Crippen molar-refractivity contribution >= 4 is 23.6 Å². The molecule has 59 heavy (non-hydrogen) atoms. The minimum absolute atomic E-state index is 0. The molecule has 0 unspecified atom stereocenters. The number of amides is 2. The first kappa shape index (κ1) is 42.4. The monoisotopic (exact) mass is 826 g/mol. The van der Waals surface area contributed by atoms with Gasteiger partial charge in [-0.15, -0.1) is 0 Å². The predicted molar refractivity (Wildman–Crippen MR) is 212 cm³/mol. The number of halogens is 3. The van der Waals surface area contributed by atoms with Gasteiger partial charge in [0.15, 0.2) is 0 Å². The van der Waals surface area contributed by atoms with Crippen molar-refractivity contribution in [1.82, 2.24) is 36.1 Å². The van der Waals surface area contributed by atoms with Gasteiger partial charge in [-0.1, -0.05) is 62.4 Å². The van der Waals surface area contributed by atoms with Crippen LogP contribution in [-0.4, -0.2) is 68.3 Å². The van der Waals surface area contributed by atoms with E-state index in [1.54, 1.807) is 36.7 Å². The molecule has 4 aromatic carbocycles. The molecule has 2 saturated heterocycles. The average Bonchev–Trinajstić information content (AvgIpc) is 4.08. The normalized spacial score (nSPS) is 16.0. The van der Waals surface area contributed by atoms with Crippen molar-refractivity contribution in [3.8, 4) is 22.3 Å². The summed E-state index contributed by atoms with van der Waals surface area (Å²) in [6.45, 7) is 7.64. The van der Waals surface area contributed by atoms with E-state index in [4.69, 9.17) is 9.47 Å². The summed E-state index contributed by atoms with van der Waals surface area (Å²) < 4.78 is 40.0. The van der Waals surface area contributed by atoms with Gasteiger partial charge in [0.25, 0.3) is 0 Å². The van der Waals surface area contributed by atoms with E-state index < -0.39 is 12.2 Å². The van der Waals surface area contributed by atoms with E-state index >= 15 is 0 Å². The number of hydrogen-bond acceptors (Lipinski definition) is 9. The number of aromatic amines is 2. The van der Waals surface area contributed by atoms with E-state index in [9.17, 15) is 18.4 Å². The maximum absolute atomic E-state index is 14.8. The fourth-order valence-electron chi connectivity index (χ4n) is 6.68. The van der Waals surface area contributed by atoms with Crippen LogP contribution in [0.15, 0.2) is 97.3 Å². The molecule has 0 saturated carbocycles. The Bertz CT molecular complexity index is 2120. The van der Waals surface area contributed by atoms with Gasteiger partial charge in [0.1, 0.15) is 42.6 Å². The zero-order chi connectivity index (χ0) is 40.4. The SMILES string of the molecule is CC[C@H]1CN(c2ccc(-c3ccc(CNCc4cn[nH]n4)cc3)c(F)c2)C(=O)O1.CC[C@H]1CN(c2ccc(-c3ccc(C[NH2+]Cc4cn[nH]n4)cc3)c(F)c2)C(=O)O1.[Cl-]. The molecule has 4 heterocycles. The van der Waals surface area contributed by atoms with Crippen LogP contribution in [0.25, 0.3) is 22.3 Å². The first-order chi connectivity index (χ1) is 28.3. The van der Waals surface area contributed by atoms with Gasteiger partial charge in [0.2, 0.25) is 0 Å². The molecule has 6 aromatic rings. The molecule has 2 aromatic heterocycles. The van der Waals surface area contributed by atoms with E-state index in [0.29, 0.717) is 48.7 Å². The molecule has 308 valence electrons.